The van der Waals surface area contributed by atoms with Crippen molar-refractivity contribution < 1.29 is 13.5 Å². The van der Waals surface area contributed by atoms with Crippen molar-refractivity contribution in [3.63, 3.8) is 0 Å². The van der Waals surface area contributed by atoms with Gasteiger partial charge in [-0.15, -0.1) is 12.4 Å². The SMILES string of the molecule is CCOc1c(F)cc(CC(C)N)cc1F.Cl. The van der Waals surface area contributed by atoms with E-state index in [4.69, 9.17) is 10.5 Å². The highest BCUT2D eigenvalue weighted by Gasteiger charge is 2.12. The Morgan fingerprint density at radius 1 is 1.31 bits per heavy atom. The molecule has 1 atom stereocenters. The van der Waals surface area contributed by atoms with E-state index < -0.39 is 11.6 Å². The molecule has 1 aromatic carbocycles. The topological polar surface area (TPSA) is 35.2 Å². The largest absolute Gasteiger partial charge is 0.488 e. The van der Waals surface area contributed by atoms with Gasteiger partial charge < -0.3 is 10.5 Å². The highest BCUT2D eigenvalue weighted by Crippen LogP contribution is 2.23. The van der Waals surface area contributed by atoms with Crippen molar-refractivity contribution in [1.29, 1.82) is 0 Å². The van der Waals surface area contributed by atoms with E-state index in [2.05, 4.69) is 0 Å². The Hall–Kier alpha value is -0.870. The molecule has 0 aliphatic heterocycles. The van der Waals surface area contributed by atoms with Crippen LogP contribution in [0.2, 0.25) is 0 Å². The molecule has 1 unspecified atom stereocenters. The second-order valence-corrected chi connectivity index (χ2v) is 3.50. The Kier molecular flexibility index (Phi) is 6.29. The van der Waals surface area contributed by atoms with Crippen molar-refractivity contribution in [2.24, 2.45) is 5.73 Å². The van der Waals surface area contributed by atoms with Crippen molar-refractivity contribution in [1.82, 2.24) is 0 Å². The van der Waals surface area contributed by atoms with Crippen LogP contribution in [0.5, 0.6) is 5.75 Å². The van der Waals surface area contributed by atoms with Gasteiger partial charge in [0.25, 0.3) is 0 Å². The van der Waals surface area contributed by atoms with Gasteiger partial charge in [0.2, 0.25) is 0 Å². The van der Waals surface area contributed by atoms with Crippen molar-refractivity contribution >= 4 is 12.4 Å². The van der Waals surface area contributed by atoms with E-state index >= 15 is 0 Å². The molecule has 0 aliphatic rings. The van der Waals surface area contributed by atoms with Gasteiger partial charge in [-0.05, 0) is 38.0 Å². The van der Waals surface area contributed by atoms with Gasteiger partial charge in [0, 0.05) is 6.04 Å². The van der Waals surface area contributed by atoms with Crippen LogP contribution in [-0.2, 0) is 6.42 Å². The zero-order valence-corrected chi connectivity index (χ0v) is 10.1. The molecule has 5 heteroatoms. The number of hydrogen-bond acceptors (Lipinski definition) is 2. The van der Waals surface area contributed by atoms with E-state index in [0.29, 0.717) is 12.0 Å². The summed E-state index contributed by atoms with van der Waals surface area (Å²) in [5.74, 6) is -1.66. The van der Waals surface area contributed by atoms with Gasteiger partial charge >= 0.3 is 0 Å². The first kappa shape index (κ1) is 15.1. The summed E-state index contributed by atoms with van der Waals surface area (Å²) in [6.07, 6.45) is 0.445. The monoisotopic (exact) mass is 251 g/mol. The van der Waals surface area contributed by atoms with Crippen LogP contribution >= 0.6 is 12.4 Å². The van der Waals surface area contributed by atoms with Crippen LogP contribution in [-0.4, -0.2) is 12.6 Å². The fourth-order valence-electron chi connectivity index (χ4n) is 1.38. The first-order chi connectivity index (χ1) is 7.04. The average Bonchev–Trinajstić information content (AvgIpc) is 2.10. The normalized spacial score (nSPS) is 11.8. The molecule has 1 rings (SSSR count). The van der Waals surface area contributed by atoms with Crippen LogP contribution in [0.1, 0.15) is 19.4 Å². The van der Waals surface area contributed by atoms with E-state index in [1.54, 1.807) is 13.8 Å². The number of halogens is 3. The minimum absolute atomic E-state index is 0. The molecule has 0 fully saturated rings. The molecule has 0 aromatic heterocycles. The Balaban J connectivity index is 0.00000225. The van der Waals surface area contributed by atoms with Gasteiger partial charge in [-0.1, -0.05) is 0 Å². The van der Waals surface area contributed by atoms with E-state index in [0.717, 1.165) is 0 Å². The Bertz CT molecular complexity index is 322. The molecule has 92 valence electrons. The van der Waals surface area contributed by atoms with Gasteiger partial charge in [0.1, 0.15) is 0 Å². The molecular formula is C11H16ClF2NO. The summed E-state index contributed by atoms with van der Waals surface area (Å²) >= 11 is 0. The zero-order chi connectivity index (χ0) is 11.4. The fraction of sp³-hybridized carbons (Fsp3) is 0.455. The molecule has 0 amide bonds. The standard InChI is InChI=1S/C11H15F2NO.ClH/c1-3-15-11-9(12)5-8(4-7(2)14)6-10(11)13;/h5-7H,3-4,14H2,1-2H3;1H. The number of benzene rings is 1. The summed E-state index contributed by atoms with van der Waals surface area (Å²) in [6.45, 7) is 3.70. The van der Waals surface area contributed by atoms with Crippen molar-refractivity contribution in [2.45, 2.75) is 26.3 Å². The number of hydrogen-bond donors (Lipinski definition) is 1. The minimum Gasteiger partial charge on any atom is -0.488 e. The summed E-state index contributed by atoms with van der Waals surface area (Å²) in [5, 5.41) is 0. The van der Waals surface area contributed by atoms with E-state index in [1.807, 2.05) is 0 Å². The summed E-state index contributed by atoms with van der Waals surface area (Å²) < 4.78 is 31.5. The average molecular weight is 252 g/mol. The predicted octanol–water partition coefficient (Wildman–Crippen LogP) is 2.68. The van der Waals surface area contributed by atoms with E-state index in [1.165, 1.54) is 12.1 Å². The lowest BCUT2D eigenvalue weighted by Gasteiger charge is -2.09. The maximum absolute atomic E-state index is 13.3. The summed E-state index contributed by atoms with van der Waals surface area (Å²) in [5.41, 5.74) is 6.09. The quantitative estimate of drug-likeness (QED) is 0.893. The zero-order valence-electron chi connectivity index (χ0n) is 9.30. The molecule has 0 spiro atoms. The van der Waals surface area contributed by atoms with Crippen molar-refractivity contribution in [3.05, 3.63) is 29.3 Å². The molecule has 0 heterocycles. The van der Waals surface area contributed by atoms with Gasteiger partial charge in [-0.2, -0.15) is 0 Å². The third-order valence-electron chi connectivity index (χ3n) is 1.90. The number of ether oxygens (including phenoxy) is 1. The molecule has 1 aromatic rings. The molecule has 16 heavy (non-hydrogen) atoms. The smallest absolute Gasteiger partial charge is 0.190 e. The van der Waals surface area contributed by atoms with Gasteiger partial charge in [0.05, 0.1) is 6.61 Å². The third-order valence-corrected chi connectivity index (χ3v) is 1.90. The summed E-state index contributed by atoms with van der Waals surface area (Å²) in [7, 11) is 0. The molecule has 2 N–H and O–H groups in total. The van der Waals surface area contributed by atoms with Crippen LogP contribution in [0.15, 0.2) is 12.1 Å². The number of nitrogens with two attached hydrogens (primary N) is 1. The second kappa shape index (κ2) is 6.66. The van der Waals surface area contributed by atoms with Gasteiger partial charge in [0.15, 0.2) is 17.4 Å². The Labute approximate surface area is 100 Å². The van der Waals surface area contributed by atoms with E-state index in [-0.39, 0.29) is 30.8 Å². The van der Waals surface area contributed by atoms with Crippen molar-refractivity contribution in [3.8, 4) is 5.75 Å². The van der Waals surface area contributed by atoms with Crippen LogP contribution < -0.4 is 10.5 Å². The molecular weight excluding hydrogens is 236 g/mol. The maximum Gasteiger partial charge on any atom is 0.190 e. The molecule has 0 radical (unpaired) electrons. The highest BCUT2D eigenvalue weighted by molar-refractivity contribution is 5.85. The Morgan fingerprint density at radius 3 is 2.19 bits per heavy atom. The summed E-state index contributed by atoms with van der Waals surface area (Å²) in [4.78, 5) is 0. The van der Waals surface area contributed by atoms with Crippen LogP contribution in [0.4, 0.5) is 8.78 Å². The minimum atomic E-state index is -0.674. The molecule has 0 saturated carbocycles. The first-order valence-corrected chi connectivity index (χ1v) is 4.91. The lowest BCUT2D eigenvalue weighted by atomic mass is 10.1. The molecule has 0 aliphatic carbocycles. The first-order valence-electron chi connectivity index (χ1n) is 4.91. The number of rotatable bonds is 4. The Morgan fingerprint density at radius 2 is 1.81 bits per heavy atom. The third kappa shape index (κ3) is 3.94. The van der Waals surface area contributed by atoms with Crippen LogP contribution in [0.3, 0.4) is 0 Å². The predicted molar refractivity (Wildman–Crippen MR) is 62.1 cm³/mol. The maximum atomic E-state index is 13.3. The molecule has 0 saturated heterocycles. The van der Waals surface area contributed by atoms with Gasteiger partial charge in [-0.3, -0.25) is 0 Å². The molecule has 0 bridgehead atoms. The summed E-state index contributed by atoms with van der Waals surface area (Å²) in [6, 6.07) is 2.40. The van der Waals surface area contributed by atoms with Crippen LogP contribution in [0.25, 0.3) is 0 Å². The van der Waals surface area contributed by atoms with Crippen LogP contribution in [0, 0.1) is 11.6 Å². The van der Waals surface area contributed by atoms with Crippen molar-refractivity contribution in [2.75, 3.05) is 6.61 Å². The van der Waals surface area contributed by atoms with Gasteiger partial charge in [-0.25, -0.2) is 8.78 Å². The fourth-order valence-corrected chi connectivity index (χ4v) is 1.38. The molecule has 2 nitrogen and oxygen atoms in total. The lowest BCUT2D eigenvalue weighted by Crippen LogP contribution is -2.18. The lowest BCUT2D eigenvalue weighted by molar-refractivity contribution is 0.302. The van der Waals surface area contributed by atoms with E-state index in [9.17, 15) is 8.78 Å². The second-order valence-electron chi connectivity index (χ2n) is 3.50. The highest BCUT2D eigenvalue weighted by atomic mass is 35.5.